The highest BCUT2D eigenvalue weighted by Crippen LogP contribution is 2.20. The topological polar surface area (TPSA) is 159 Å². The van der Waals surface area contributed by atoms with Gasteiger partial charge in [-0.15, -0.1) is 0 Å². The minimum absolute atomic E-state index is 0.0869. The second-order valence-electron chi connectivity index (χ2n) is 8.05. The van der Waals surface area contributed by atoms with E-state index in [4.69, 9.17) is 16.6 Å². The highest BCUT2D eigenvalue weighted by molar-refractivity contribution is 5.93. The molecule has 1 fully saturated rings. The van der Waals surface area contributed by atoms with Gasteiger partial charge in [-0.1, -0.05) is 30.3 Å². The maximum absolute atomic E-state index is 13.2. The van der Waals surface area contributed by atoms with Gasteiger partial charge in [0, 0.05) is 32.6 Å². The first-order valence-electron chi connectivity index (χ1n) is 10.8. The van der Waals surface area contributed by atoms with E-state index >= 15 is 0 Å². The van der Waals surface area contributed by atoms with E-state index in [0.29, 0.717) is 32.5 Å². The highest BCUT2D eigenvalue weighted by atomic mass is 16.3. The summed E-state index contributed by atoms with van der Waals surface area (Å²) in [5.41, 5.74) is 11.9. The summed E-state index contributed by atoms with van der Waals surface area (Å²) in [6.07, 6.45) is 1.76. The molecule has 0 aliphatic carbocycles. The fourth-order valence-corrected chi connectivity index (χ4v) is 3.82. The Morgan fingerprint density at radius 2 is 1.94 bits per heavy atom. The number of nitrogens with zero attached hydrogens (tertiary/aromatic N) is 2. The minimum atomic E-state index is -1.21. The van der Waals surface area contributed by atoms with E-state index in [-0.39, 0.29) is 18.4 Å². The number of aliphatic hydroxyl groups is 1. The first-order valence-corrected chi connectivity index (χ1v) is 10.8. The largest absolute Gasteiger partial charge is 0.394 e. The van der Waals surface area contributed by atoms with Crippen molar-refractivity contribution in [2.45, 2.75) is 50.7 Å². The van der Waals surface area contributed by atoms with Crippen LogP contribution in [0.3, 0.4) is 0 Å². The number of benzene rings is 1. The second kappa shape index (κ2) is 12.2. The van der Waals surface area contributed by atoms with Crippen LogP contribution >= 0.6 is 0 Å². The molecule has 0 aromatic heterocycles. The molecule has 3 atom stereocenters. The van der Waals surface area contributed by atoms with Crippen molar-refractivity contribution in [3.63, 3.8) is 0 Å². The molecule has 1 aliphatic rings. The molecule has 4 amide bonds. The van der Waals surface area contributed by atoms with E-state index in [9.17, 15) is 19.2 Å². The van der Waals surface area contributed by atoms with Crippen LogP contribution in [0.2, 0.25) is 0 Å². The number of nitrogens with one attached hydrogen (secondary N) is 1. The van der Waals surface area contributed by atoms with E-state index in [2.05, 4.69) is 5.32 Å². The Morgan fingerprint density at radius 1 is 1.25 bits per heavy atom. The van der Waals surface area contributed by atoms with Crippen LogP contribution in [-0.4, -0.2) is 82.9 Å². The van der Waals surface area contributed by atoms with Crippen LogP contribution in [0.1, 0.15) is 31.7 Å². The van der Waals surface area contributed by atoms with Gasteiger partial charge in [0.2, 0.25) is 23.6 Å². The van der Waals surface area contributed by atoms with Crippen LogP contribution in [-0.2, 0) is 25.6 Å². The molecule has 10 nitrogen and oxygen atoms in total. The third kappa shape index (κ3) is 7.31. The van der Waals surface area contributed by atoms with Crippen LogP contribution in [0, 0.1) is 0 Å². The average molecular weight is 448 g/mol. The second-order valence-corrected chi connectivity index (χ2v) is 8.05. The average Bonchev–Trinajstić information content (AvgIpc) is 3.23. The van der Waals surface area contributed by atoms with Crippen molar-refractivity contribution in [2.75, 3.05) is 26.2 Å². The van der Waals surface area contributed by atoms with Gasteiger partial charge in [-0.2, -0.15) is 0 Å². The lowest BCUT2D eigenvalue weighted by Crippen LogP contribution is -2.56. The third-order valence-electron chi connectivity index (χ3n) is 5.60. The molecule has 1 heterocycles. The van der Waals surface area contributed by atoms with E-state index < -0.39 is 36.4 Å². The number of likely N-dealkylation sites (tertiary alicyclic amines) is 1. The molecule has 1 aliphatic heterocycles. The van der Waals surface area contributed by atoms with Crippen LogP contribution in [0.5, 0.6) is 0 Å². The number of hydrogen-bond donors (Lipinski definition) is 4. The summed E-state index contributed by atoms with van der Waals surface area (Å²) in [4.78, 5) is 52.3. The molecule has 0 saturated carbocycles. The van der Waals surface area contributed by atoms with Crippen molar-refractivity contribution >= 4 is 23.6 Å². The van der Waals surface area contributed by atoms with Gasteiger partial charge in [-0.05, 0) is 24.8 Å². The lowest BCUT2D eigenvalue weighted by atomic mass is 10.1. The summed E-state index contributed by atoms with van der Waals surface area (Å²) >= 11 is 0. The van der Waals surface area contributed by atoms with Gasteiger partial charge >= 0.3 is 0 Å². The first-order chi connectivity index (χ1) is 15.2. The van der Waals surface area contributed by atoms with Gasteiger partial charge in [0.25, 0.3) is 0 Å². The van der Waals surface area contributed by atoms with Gasteiger partial charge in [0.05, 0.1) is 13.0 Å². The maximum atomic E-state index is 13.2. The zero-order chi connectivity index (χ0) is 23.7. The lowest BCUT2D eigenvalue weighted by molar-refractivity contribution is -0.140. The lowest BCUT2D eigenvalue weighted by Gasteiger charge is -2.33. The molecule has 1 aromatic carbocycles. The van der Waals surface area contributed by atoms with Crippen LogP contribution in [0.4, 0.5) is 0 Å². The standard InChI is InChI=1S/C22H33N5O5/c1-15(29)26(11-9-16-6-3-2-4-7-16)13-17-8-5-10-27(17)22(32)19(12-20(24)30)25-21(31)18(23)14-28/h2-4,6-7,17-19,28H,5,8-14,23H2,1H3,(H2,24,30)(H,25,31)/t17-,18-,19-/m0/s1. The Labute approximate surface area is 187 Å². The SMILES string of the molecule is CC(=O)N(CCc1ccccc1)C[C@@H]1CCCN1C(=O)[C@H](CC(N)=O)NC(=O)[C@@H](N)CO. The summed E-state index contributed by atoms with van der Waals surface area (Å²) in [5, 5.41) is 11.5. The minimum Gasteiger partial charge on any atom is -0.394 e. The Bertz CT molecular complexity index is 803. The van der Waals surface area contributed by atoms with E-state index in [1.54, 1.807) is 9.80 Å². The van der Waals surface area contributed by atoms with Crippen molar-refractivity contribution in [1.82, 2.24) is 15.1 Å². The van der Waals surface area contributed by atoms with Crippen LogP contribution in [0.25, 0.3) is 0 Å². The van der Waals surface area contributed by atoms with Gasteiger partial charge < -0.3 is 31.7 Å². The molecule has 32 heavy (non-hydrogen) atoms. The molecule has 1 saturated heterocycles. The molecule has 0 radical (unpaired) electrons. The first kappa shape index (κ1) is 25.3. The predicted molar refractivity (Wildman–Crippen MR) is 118 cm³/mol. The summed E-state index contributed by atoms with van der Waals surface area (Å²) < 4.78 is 0. The number of aliphatic hydroxyl groups excluding tert-OH is 1. The predicted octanol–water partition coefficient (Wildman–Crippen LogP) is -1.25. The number of rotatable bonds is 11. The van der Waals surface area contributed by atoms with Crippen molar-refractivity contribution < 1.29 is 24.3 Å². The summed E-state index contributed by atoms with van der Waals surface area (Å²) in [5.74, 6) is -2.02. The molecule has 1 aromatic rings. The molecule has 0 unspecified atom stereocenters. The Kier molecular flexibility index (Phi) is 9.61. The molecule has 6 N–H and O–H groups in total. The van der Waals surface area contributed by atoms with E-state index in [1.807, 2.05) is 30.3 Å². The fraction of sp³-hybridized carbons (Fsp3) is 0.545. The Balaban J connectivity index is 2.07. The Morgan fingerprint density at radius 3 is 2.53 bits per heavy atom. The maximum Gasteiger partial charge on any atom is 0.245 e. The Hall–Kier alpha value is -2.98. The number of carbonyl (C=O) groups is 4. The smallest absolute Gasteiger partial charge is 0.245 e. The van der Waals surface area contributed by atoms with Gasteiger partial charge in [-0.3, -0.25) is 19.2 Å². The molecular formula is C22H33N5O5. The molecule has 0 bridgehead atoms. The van der Waals surface area contributed by atoms with Gasteiger partial charge in [-0.25, -0.2) is 0 Å². The molecule has 0 spiro atoms. The number of amides is 4. The van der Waals surface area contributed by atoms with Crippen molar-refractivity contribution in [1.29, 1.82) is 0 Å². The number of carbonyl (C=O) groups excluding carboxylic acids is 4. The van der Waals surface area contributed by atoms with Crippen LogP contribution in [0.15, 0.2) is 30.3 Å². The molecule has 176 valence electrons. The zero-order valence-electron chi connectivity index (χ0n) is 18.4. The summed E-state index contributed by atoms with van der Waals surface area (Å²) in [6.45, 7) is 2.24. The fourth-order valence-electron chi connectivity index (χ4n) is 3.82. The highest BCUT2D eigenvalue weighted by Gasteiger charge is 2.36. The summed E-state index contributed by atoms with van der Waals surface area (Å²) in [7, 11) is 0. The van der Waals surface area contributed by atoms with E-state index in [1.165, 1.54) is 6.92 Å². The van der Waals surface area contributed by atoms with Crippen molar-refractivity contribution in [3.8, 4) is 0 Å². The van der Waals surface area contributed by atoms with Gasteiger partial charge in [0.15, 0.2) is 0 Å². The molecule has 10 heteroatoms. The van der Waals surface area contributed by atoms with Gasteiger partial charge in [0.1, 0.15) is 12.1 Å². The van der Waals surface area contributed by atoms with E-state index in [0.717, 1.165) is 12.0 Å². The van der Waals surface area contributed by atoms with Crippen molar-refractivity contribution in [3.05, 3.63) is 35.9 Å². The number of nitrogens with two attached hydrogens (primary N) is 2. The van der Waals surface area contributed by atoms with Crippen molar-refractivity contribution in [2.24, 2.45) is 11.5 Å². The molecular weight excluding hydrogens is 414 g/mol. The zero-order valence-corrected chi connectivity index (χ0v) is 18.4. The van der Waals surface area contributed by atoms with Crippen LogP contribution < -0.4 is 16.8 Å². The normalized spacial score (nSPS) is 17.5. The monoisotopic (exact) mass is 447 g/mol. The summed E-state index contributed by atoms with van der Waals surface area (Å²) in [6, 6.07) is 7.20. The third-order valence-corrected chi connectivity index (χ3v) is 5.60. The number of primary amides is 1. The molecule has 2 rings (SSSR count). The quantitative estimate of drug-likeness (QED) is 0.332. The number of hydrogen-bond acceptors (Lipinski definition) is 6.